The van der Waals surface area contributed by atoms with Crippen LogP contribution >= 0.6 is 0 Å². The second-order valence-corrected chi connectivity index (χ2v) is 10.8. The van der Waals surface area contributed by atoms with Gasteiger partial charge in [-0.1, -0.05) is 54.6 Å². The third kappa shape index (κ3) is 4.03. The van der Waals surface area contributed by atoms with Crippen LogP contribution in [-0.4, -0.2) is 54.6 Å². The van der Waals surface area contributed by atoms with E-state index in [2.05, 4.69) is 0 Å². The first kappa shape index (κ1) is 27.7. The van der Waals surface area contributed by atoms with Gasteiger partial charge in [-0.05, 0) is 61.1 Å². The molecule has 0 amide bonds. The zero-order valence-corrected chi connectivity index (χ0v) is 23.7. The molecule has 0 aromatic heterocycles. The molecule has 0 saturated heterocycles. The van der Waals surface area contributed by atoms with Gasteiger partial charge in [-0.15, -0.1) is 0 Å². The molecule has 0 saturated carbocycles. The molecule has 0 fully saturated rings. The topological polar surface area (TPSA) is 180 Å². The molecule has 226 valence electrons. The average Bonchev–Trinajstić information content (AvgIpc) is 3.09. The summed E-state index contributed by atoms with van der Waals surface area (Å²) < 4.78 is 10.9. The molecule has 1 aliphatic heterocycles. The van der Waals surface area contributed by atoms with Crippen LogP contribution in [0.4, 0.5) is 0 Å². The number of fused-ring (bicyclic) bond motifs is 1. The minimum Gasteiger partial charge on any atom is -0.508 e. The summed E-state index contributed by atoms with van der Waals surface area (Å²) in [7, 11) is 1.27. The van der Waals surface area contributed by atoms with Crippen LogP contribution in [0.2, 0.25) is 0 Å². The molecule has 45 heavy (non-hydrogen) atoms. The van der Waals surface area contributed by atoms with Gasteiger partial charge in [0.05, 0.1) is 12.7 Å². The Balaban J connectivity index is 1.45. The van der Waals surface area contributed by atoms with Crippen LogP contribution in [0.15, 0.2) is 89.8 Å². The molecule has 6 aromatic carbocycles. The highest BCUT2D eigenvalue weighted by atomic mass is 16.5. The third-order valence-electron chi connectivity index (χ3n) is 8.35. The number of aliphatic hydroxyl groups excluding tert-OH is 3. The Morgan fingerprint density at radius 3 is 1.78 bits per heavy atom. The highest BCUT2D eigenvalue weighted by Crippen LogP contribution is 2.56. The fourth-order valence-corrected chi connectivity index (χ4v) is 6.19. The molecule has 0 radical (unpaired) electrons. The van der Waals surface area contributed by atoms with Gasteiger partial charge in [-0.25, -0.2) is 0 Å². The number of phenolic OH excluding ortho intramolecular Hbond substituents is 5. The summed E-state index contributed by atoms with van der Waals surface area (Å²) in [6, 6.07) is 20.5. The number of aliphatic hydroxyl groups is 3. The molecule has 0 atom stereocenters. The van der Waals surface area contributed by atoms with Crippen molar-refractivity contribution in [2.75, 3.05) is 13.7 Å². The van der Waals surface area contributed by atoms with Crippen LogP contribution in [0.25, 0.3) is 54.6 Å². The van der Waals surface area contributed by atoms with Crippen molar-refractivity contribution in [2.45, 2.75) is 6.42 Å². The highest BCUT2D eigenvalue weighted by Gasteiger charge is 2.27. The Kier molecular flexibility index (Phi) is 6.12. The molecule has 7 rings (SSSR count). The molecule has 8 N–H and O–H groups in total. The van der Waals surface area contributed by atoms with Crippen molar-refractivity contribution < 1.29 is 50.3 Å². The van der Waals surface area contributed by atoms with Gasteiger partial charge in [-0.3, -0.25) is 0 Å². The predicted molar refractivity (Wildman–Crippen MR) is 167 cm³/mol. The molecular weight excluding hydrogens is 580 g/mol. The van der Waals surface area contributed by atoms with Gasteiger partial charge >= 0.3 is 0 Å². The fourth-order valence-electron chi connectivity index (χ4n) is 6.19. The quantitative estimate of drug-likeness (QED) is 0.0587. The van der Waals surface area contributed by atoms with E-state index in [9.17, 15) is 40.9 Å². The fraction of sp³-hybridized carbons (Fsp3) is 0.0857. The monoisotopic (exact) mass is 606 g/mol. The lowest BCUT2D eigenvalue weighted by Crippen LogP contribution is -2.06. The number of aromatic hydroxyl groups is 5. The van der Waals surface area contributed by atoms with Crippen LogP contribution in [0.3, 0.4) is 0 Å². The largest absolute Gasteiger partial charge is 0.508 e. The molecule has 1 heterocycles. The maximum Gasteiger partial charge on any atom is 0.208 e. The average molecular weight is 607 g/mol. The van der Waals surface area contributed by atoms with E-state index < -0.39 is 40.3 Å². The molecule has 0 unspecified atom stereocenters. The Morgan fingerprint density at radius 1 is 0.600 bits per heavy atom. The van der Waals surface area contributed by atoms with Crippen molar-refractivity contribution in [3.05, 3.63) is 95.3 Å². The number of hydrogen-bond acceptors (Lipinski definition) is 10. The lowest BCUT2D eigenvalue weighted by atomic mass is 9.86. The highest BCUT2D eigenvalue weighted by molar-refractivity contribution is 6.28. The second-order valence-electron chi connectivity index (χ2n) is 10.8. The summed E-state index contributed by atoms with van der Waals surface area (Å²) in [5.74, 6) is -5.70. The Bertz CT molecular complexity index is 2230. The zero-order chi connectivity index (χ0) is 31.7. The molecule has 1 aliphatic rings. The minimum absolute atomic E-state index is 0.0435. The van der Waals surface area contributed by atoms with Crippen LogP contribution in [0.1, 0.15) is 5.56 Å². The van der Waals surface area contributed by atoms with E-state index in [0.29, 0.717) is 22.3 Å². The van der Waals surface area contributed by atoms with Crippen molar-refractivity contribution >= 4 is 32.3 Å². The smallest absolute Gasteiger partial charge is 0.208 e. The lowest BCUT2D eigenvalue weighted by molar-refractivity contribution is 0.199. The number of methoxy groups -OCH3 is 1. The van der Waals surface area contributed by atoms with Gasteiger partial charge in [0.15, 0.2) is 17.3 Å². The van der Waals surface area contributed by atoms with E-state index in [0.717, 1.165) is 38.1 Å². The van der Waals surface area contributed by atoms with Gasteiger partial charge < -0.3 is 50.3 Å². The molecule has 0 spiro atoms. The first-order valence-electron chi connectivity index (χ1n) is 13.8. The van der Waals surface area contributed by atoms with Gasteiger partial charge in [0.25, 0.3) is 0 Å². The van der Waals surface area contributed by atoms with Crippen LogP contribution in [0, 0.1) is 0 Å². The Labute approximate surface area is 254 Å². The van der Waals surface area contributed by atoms with Crippen LogP contribution in [0.5, 0.6) is 34.5 Å². The third-order valence-corrected chi connectivity index (χ3v) is 8.35. The first-order chi connectivity index (χ1) is 21.6. The second kappa shape index (κ2) is 9.95. The maximum atomic E-state index is 10.8. The van der Waals surface area contributed by atoms with Crippen LogP contribution in [-0.2, 0) is 11.2 Å². The molecule has 0 bridgehead atoms. The number of rotatable bonds is 3. The SMILES string of the molecule is COC1=C(\O)Cc2cc(-c3ccc4ccc5c(-c6c(O)c(O)c(O)c(O)c6O)ccc6ccc3c4c65)ccc2OC/C(O)=C\1O. The summed E-state index contributed by atoms with van der Waals surface area (Å²) in [5.41, 5.74) is 2.34. The van der Waals surface area contributed by atoms with Crippen molar-refractivity contribution in [3.8, 4) is 56.8 Å². The summed E-state index contributed by atoms with van der Waals surface area (Å²) in [6.07, 6.45) is -0.0435. The number of allylic oxidation sites excluding steroid dienone is 1. The van der Waals surface area contributed by atoms with E-state index in [-0.39, 0.29) is 30.1 Å². The number of ether oxygens (including phenoxy) is 2. The Hall–Kier alpha value is -6.16. The van der Waals surface area contributed by atoms with Crippen molar-refractivity contribution in [1.29, 1.82) is 0 Å². The van der Waals surface area contributed by atoms with Crippen molar-refractivity contribution in [2.24, 2.45) is 0 Å². The Morgan fingerprint density at radius 2 is 1.16 bits per heavy atom. The van der Waals surface area contributed by atoms with E-state index >= 15 is 0 Å². The molecule has 10 heteroatoms. The standard InChI is InChI=1S/C35H26O10/c1-44-35-23(36)13-18-12-17(6-11-25(18)45-14-24(37)29(35)38)19-7-2-15-4-9-21-22(10-5-16-3-8-20(19)26(15)27(16)21)28-30(39)32(41)34(43)33(42)31(28)40/h2-12,36-43H,13-14H2,1H3/b29-24-,35-23-. The minimum atomic E-state index is -1.03. The summed E-state index contributed by atoms with van der Waals surface area (Å²) in [4.78, 5) is 0. The zero-order valence-electron chi connectivity index (χ0n) is 23.7. The first-order valence-corrected chi connectivity index (χ1v) is 13.8. The van der Waals surface area contributed by atoms with Gasteiger partial charge in [-0.2, -0.15) is 0 Å². The summed E-state index contributed by atoms with van der Waals surface area (Å²) in [5, 5.41) is 88.1. The van der Waals surface area contributed by atoms with E-state index in [4.69, 9.17) is 9.47 Å². The van der Waals surface area contributed by atoms with E-state index in [1.807, 2.05) is 48.5 Å². The number of benzene rings is 6. The number of phenols is 5. The van der Waals surface area contributed by atoms with Gasteiger partial charge in [0.2, 0.25) is 28.8 Å². The normalized spacial score (nSPS) is 17.2. The molecule has 10 nitrogen and oxygen atoms in total. The van der Waals surface area contributed by atoms with E-state index in [1.165, 1.54) is 7.11 Å². The van der Waals surface area contributed by atoms with Gasteiger partial charge in [0.1, 0.15) is 18.1 Å². The van der Waals surface area contributed by atoms with Crippen molar-refractivity contribution in [3.63, 3.8) is 0 Å². The summed E-state index contributed by atoms with van der Waals surface area (Å²) in [6.45, 7) is -0.332. The van der Waals surface area contributed by atoms with Crippen LogP contribution < -0.4 is 4.74 Å². The van der Waals surface area contributed by atoms with Gasteiger partial charge in [0, 0.05) is 12.0 Å². The molecule has 6 aromatic rings. The predicted octanol–water partition coefficient (Wildman–Crippen LogP) is 7.12. The summed E-state index contributed by atoms with van der Waals surface area (Å²) >= 11 is 0. The maximum absolute atomic E-state index is 10.8. The van der Waals surface area contributed by atoms with Crippen molar-refractivity contribution in [1.82, 2.24) is 0 Å². The lowest BCUT2D eigenvalue weighted by Gasteiger charge is -2.19. The molecule has 0 aliphatic carbocycles. The molecular formula is C35H26O10. The van der Waals surface area contributed by atoms with E-state index in [1.54, 1.807) is 18.2 Å². The number of hydrogen-bond donors (Lipinski definition) is 8.